The summed E-state index contributed by atoms with van der Waals surface area (Å²) in [6, 6.07) is 16.5. The highest BCUT2D eigenvalue weighted by Crippen LogP contribution is 2.57. The van der Waals surface area contributed by atoms with Crippen LogP contribution in [0.5, 0.6) is 0 Å². The maximum Gasteiger partial charge on any atom is 0.416 e. The van der Waals surface area contributed by atoms with Crippen LogP contribution in [-0.2, 0) is 20.5 Å². The molecule has 3 aliphatic rings. The molecule has 1 aliphatic carbocycles. The number of ether oxygens (including phenoxy) is 1. The fourth-order valence-electron chi connectivity index (χ4n) is 5.55. The minimum atomic E-state index is -4.71. The quantitative estimate of drug-likeness (QED) is 0.314. The first kappa shape index (κ1) is 23.7. The molecular formula is C27H15BrF3NO5. The van der Waals surface area contributed by atoms with Crippen LogP contribution in [0.4, 0.5) is 18.9 Å². The van der Waals surface area contributed by atoms with Gasteiger partial charge in [0.1, 0.15) is 0 Å². The number of carbonyl (C=O) groups excluding carboxylic acids is 4. The van der Waals surface area contributed by atoms with Crippen LogP contribution in [0.3, 0.4) is 0 Å². The van der Waals surface area contributed by atoms with Gasteiger partial charge in [-0.3, -0.25) is 19.2 Å². The highest BCUT2D eigenvalue weighted by molar-refractivity contribution is 9.10. The zero-order chi connectivity index (χ0) is 26.3. The van der Waals surface area contributed by atoms with Gasteiger partial charge in [0.25, 0.3) is 0 Å². The van der Waals surface area contributed by atoms with Gasteiger partial charge in [0, 0.05) is 15.6 Å². The third kappa shape index (κ3) is 3.21. The second-order valence-corrected chi connectivity index (χ2v) is 10.0. The lowest BCUT2D eigenvalue weighted by Gasteiger charge is -2.27. The summed E-state index contributed by atoms with van der Waals surface area (Å²) in [5.41, 5.74) is -3.05. The predicted octanol–water partition coefficient (Wildman–Crippen LogP) is 5.16. The van der Waals surface area contributed by atoms with E-state index in [4.69, 9.17) is 4.74 Å². The van der Waals surface area contributed by atoms with Crippen LogP contribution < -0.4 is 4.90 Å². The maximum absolute atomic E-state index is 13.8. The number of Topliss-reactive ketones (excluding diaryl/α,β-unsaturated/α-hetero) is 2. The number of ketones is 2. The number of anilines is 1. The molecule has 0 aromatic heterocycles. The maximum atomic E-state index is 13.8. The van der Waals surface area contributed by atoms with Crippen LogP contribution in [0.2, 0.25) is 0 Å². The van der Waals surface area contributed by atoms with Crippen molar-refractivity contribution in [2.45, 2.75) is 17.9 Å². The van der Waals surface area contributed by atoms with E-state index < -0.39 is 58.7 Å². The van der Waals surface area contributed by atoms with Gasteiger partial charge < -0.3 is 4.74 Å². The van der Waals surface area contributed by atoms with Gasteiger partial charge in [-0.1, -0.05) is 58.4 Å². The number of carbonyl (C=O) groups is 4. The van der Waals surface area contributed by atoms with E-state index in [1.54, 1.807) is 36.4 Å². The van der Waals surface area contributed by atoms with Crippen LogP contribution in [0.1, 0.15) is 37.9 Å². The second kappa shape index (κ2) is 7.93. The largest absolute Gasteiger partial charge is 0.416 e. The van der Waals surface area contributed by atoms with Crippen molar-refractivity contribution >= 4 is 45.0 Å². The Morgan fingerprint density at radius 1 is 0.811 bits per heavy atom. The lowest BCUT2D eigenvalue weighted by molar-refractivity contribution is -0.137. The van der Waals surface area contributed by atoms with E-state index in [1.165, 1.54) is 18.2 Å². The average Bonchev–Trinajstić information content (AvgIpc) is 3.44. The Morgan fingerprint density at radius 2 is 1.43 bits per heavy atom. The number of hydrogen-bond donors (Lipinski definition) is 0. The van der Waals surface area contributed by atoms with Crippen molar-refractivity contribution in [3.05, 3.63) is 99.5 Å². The van der Waals surface area contributed by atoms with E-state index in [0.29, 0.717) is 16.5 Å². The van der Waals surface area contributed by atoms with Crippen molar-refractivity contribution in [2.24, 2.45) is 11.8 Å². The summed E-state index contributed by atoms with van der Waals surface area (Å²) >= 11 is 3.32. The number of rotatable bonds is 2. The minimum Gasteiger partial charge on any atom is -0.349 e. The molecule has 1 spiro atoms. The molecule has 0 unspecified atom stereocenters. The monoisotopic (exact) mass is 569 g/mol. The van der Waals surface area contributed by atoms with Gasteiger partial charge in [0.05, 0.1) is 29.2 Å². The van der Waals surface area contributed by atoms with Gasteiger partial charge in [-0.25, -0.2) is 4.90 Å². The van der Waals surface area contributed by atoms with Gasteiger partial charge in [-0.15, -0.1) is 0 Å². The normalized spacial score (nSPS) is 24.2. The van der Waals surface area contributed by atoms with E-state index in [-0.39, 0.29) is 16.8 Å². The van der Waals surface area contributed by atoms with Gasteiger partial charge in [-0.2, -0.15) is 13.2 Å². The Labute approximate surface area is 216 Å². The van der Waals surface area contributed by atoms with Crippen molar-refractivity contribution in [1.82, 2.24) is 0 Å². The van der Waals surface area contributed by atoms with Gasteiger partial charge in [0.2, 0.25) is 29.0 Å². The van der Waals surface area contributed by atoms with E-state index in [0.717, 1.165) is 16.6 Å². The van der Waals surface area contributed by atoms with Crippen LogP contribution in [0.15, 0.2) is 77.3 Å². The molecule has 0 bridgehead atoms. The minimum absolute atomic E-state index is 0.0699. The molecule has 0 saturated carbocycles. The Hall–Kier alpha value is -3.63. The molecule has 0 N–H and O–H groups in total. The second-order valence-electron chi connectivity index (χ2n) is 9.09. The number of alkyl halides is 3. The molecule has 186 valence electrons. The van der Waals surface area contributed by atoms with Crippen molar-refractivity contribution in [1.29, 1.82) is 0 Å². The first-order valence-corrected chi connectivity index (χ1v) is 12.0. The third-order valence-corrected chi connectivity index (χ3v) is 7.68. The standard InChI is InChI=1S/C27H15BrF3NO5/c28-15-10-8-13(9-11-15)21-19-20(26(37-21)22(33)17-6-1-2-7-18(17)23(26)34)25(36)32(24(19)35)16-5-3-4-14(12-16)27(29,30)31/h1-12,19-21H/t19-,20-,21+/m1/s1. The zero-order valence-electron chi connectivity index (χ0n) is 18.7. The van der Waals surface area contributed by atoms with Crippen LogP contribution in [0, 0.1) is 11.8 Å². The molecule has 2 fully saturated rings. The highest BCUT2D eigenvalue weighted by atomic mass is 79.9. The van der Waals surface area contributed by atoms with Crippen molar-refractivity contribution in [3.8, 4) is 0 Å². The average molecular weight is 570 g/mol. The molecule has 37 heavy (non-hydrogen) atoms. The van der Waals surface area contributed by atoms with E-state index in [1.807, 2.05) is 0 Å². The Kier molecular flexibility index (Phi) is 5.09. The first-order valence-electron chi connectivity index (χ1n) is 11.2. The smallest absolute Gasteiger partial charge is 0.349 e. The zero-order valence-corrected chi connectivity index (χ0v) is 20.2. The molecule has 6 nitrogen and oxygen atoms in total. The molecule has 6 rings (SSSR count). The van der Waals surface area contributed by atoms with Gasteiger partial charge in [0.15, 0.2) is 0 Å². The SMILES string of the molecule is O=C1[C@H]2[C@H](c3ccc(Br)cc3)OC3(C(=O)c4ccccc4C3=O)[C@H]2C(=O)N1c1cccc(C(F)(F)F)c1. The summed E-state index contributed by atoms with van der Waals surface area (Å²) in [7, 11) is 0. The summed E-state index contributed by atoms with van der Waals surface area (Å²) in [5.74, 6) is -6.12. The van der Waals surface area contributed by atoms with Gasteiger partial charge in [-0.05, 0) is 35.9 Å². The molecule has 2 aliphatic heterocycles. The molecule has 3 atom stereocenters. The summed E-state index contributed by atoms with van der Waals surface area (Å²) in [4.78, 5) is 55.6. The number of halogens is 4. The Morgan fingerprint density at radius 3 is 2.03 bits per heavy atom. The van der Waals surface area contributed by atoms with Gasteiger partial charge >= 0.3 is 6.18 Å². The highest BCUT2D eigenvalue weighted by Gasteiger charge is 2.74. The lowest BCUT2D eigenvalue weighted by Crippen LogP contribution is -2.51. The lowest BCUT2D eigenvalue weighted by atomic mass is 9.77. The topological polar surface area (TPSA) is 80.8 Å². The predicted molar refractivity (Wildman–Crippen MR) is 127 cm³/mol. The summed E-state index contributed by atoms with van der Waals surface area (Å²) in [5, 5.41) is 0. The molecule has 2 amide bonds. The number of benzene rings is 3. The molecule has 0 radical (unpaired) electrons. The van der Waals surface area contributed by atoms with Crippen molar-refractivity contribution in [3.63, 3.8) is 0 Å². The number of imide groups is 1. The van der Waals surface area contributed by atoms with Crippen molar-refractivity contribution < 1.29 is 37.1 Å². The third-order valence-electron chi connectivity index (χ3n) is 7.15. The van der Waals surface area contributed by atoms with Crippen LogP contribution >= 0.6 is 15.9 Å². The fraction of sp³-hybridized carbons (Fsp3) is 0.185. The van der Waals surface area contributed by atoms with Crippen LogP contribution in [-0.4, -0.2) is 29.0 Å². The Balaban J connectivity index is 1.53. The number of fused-ring (bicyclic) bond motifs is 3. The molecule has 3 aromatic carbocycles. The molecular weight excluding hydrogens is 555 g/mol. The van der Waals surface area contributed by atoms with Crippen LogP contribution in [0.25, 0.3) is 0 Å². The molecule has 2 heterocycles. The van der Waals surface area contributed by atoms with Crippen molar-refractivity contribution in [2.75, 3.05) is 4.90 Å². The summed E-state index contributed by atoms with van der Waals surface area (Å²) in [6.45, 7) is 0. The summed E-state index contributed by atoms with van der Waals surface area (Å²) < 4.78 is 47.0. The van der Waals surface area contributed by atoms with E-state index in [2.05, 4.69) is 15.9 Å². The molecule has 3 aromatic rings. The molecule has 2 saturated heterocycles. The number of nitrogens with zero attached hydrogens (tertiary/aromatic N) is 1. The number of amides is 2. The van der Waals surface area contributed by atoms with E-state index >= 15 is 0 Å². The summed E-state index contributed by atoms with van der Waals surface area (Å²) in [6.07, 6.45) is -5.87. The Bertz CT molecular complexity index is 1480. The molecule has 10 heteroatoms. The first-order chi connectivity index (χ1) is 17.6. The fourth-order valence-corrected chi connectivity index (χ4v) is 5.81. The van der Waals surface area contributed by atoms with E-state index in [9.17, 15) is 32.3 Å². The number of hydrogen-bond acceptors (Lipinski definition) is 5.